The molecule has 1 aromatic carbocycles. The van der Waals surface area contributed by atoms with Crippen molar-refractivity contribution in [3.05, 3.63) is 61.6 Å². The number of hydrogen-bond donors (Lipinski definition) is 1. The first-order valence-corrected chi connectivity index (χ1v) is 9.49. The zero-order chi connectivity index (χ0) is 21.6. The molecule has 0 bridgehead atoms. The summed E-state index contributed by atoms with van der Waals surface area (Å²) in [7, 11) is 0. The van der Waals surface area contributed by atoms with E-state index in [-0.39, 0.29) is 34.9 Å². The van der Waals surface area contributed by atoms with Crippen LogP contribution in [0.1, 0.15) is 57.8 Å². The fraction of sp³-hybridized carbons (Fsp3) is 0.348. The van der Waals surface area contributed by atoms with Crippen molar-refractivity contribution in [2.75, 3.05) is 0 Å². The number of hydrogen-bond acceptors (Lipinski definition) is 5. The fourth-order valence-corrected chi connectivity index (χ4v) is 3.56. The van der Waals surface area contributed by atoms with Gasteiger partial charge in [0.1, 0.15) is 17.2 Å². The second kappa shape index (κ2) is 7.25. The topological polar surface area (TPSA) is 96.2 Å². The second-order valence-electron chi connectivity index (χ2n) is 7.94. The number of aromatic hydroxyl groups is 1. The molecule has 0 aliphatic rings. The smallest absolute Gasteiger partial charge is 0.271 e. The summed E-state index contributed by atoms with van der Waals surface area (Å²) < 4.78 is 6.95. The first-order chi connectivity index (χ1) is 13.6. The predicted molar refractivity (Wildman–Crippen MR) is 111 cm³/mol. The van der Waals surface area contributed by atoms with Crippen LogP contribution in [0.2, 0.25) is 0 Å². The lowest BCUT2D eigenvalue weighted by Gasteiger charge is -2.16. The monoisotopic (exact) mass is 392 g/mol. The number of nitriles is 1. The van der Waals surface area contributed by atoms with E-state index in [1.165, 1.54) is 6.92 Å². The molecule has 150 valence electrons. The van der Waals surface area contributed by atoms with Gasteiger partial charge in [-0.15, -0.1) is 0 Å². The number of carbonyl (C=O) groups is 1. The van der Waals surface area contributed by atoms with Crippen LogP contribution in [0.15, 0.2) is 21.3 Å². The number of carbonyl (C=O) groups excluding carboxylic acids is 1. The highest BCUT2D eigenvalue weighted by molar-refractivity contribution is 6.12. The minimum Gasteiger partial charge on any atom is -0.494 e. The van der Waals surface area contributed by atoms with Gasteiger partial charge in [0.2, 0.25) is 11.7 Å². The number of benzene rings is 1. The van der Waals surface area contributed by atoms with E-state index in [1.54, 1.807) is 6.92 Å². The molecule has 0 aliphatic carbocycles. The van der Waals surface area contributed by atoms with Gasteiger partial charge in [0.05, 0.1) is 5.56 Å². The molecular formula is C23H24N2O4. The van der Waals surface area contributed by atoms with Crippen LogP contribution in [0.25, 0.3) is 11.0 Å². The quantitative estimate of drug-likeness (QED) is 0.668. The molecule has 6 heteroatoms. The molecule has 0 spiro atoms. The third-order valence-corrected chi connectivity index (χ3v) is 5.33. The molecule has 0 aliphatic heterocycles. The number of pyridine rings is 1. The van der Waals surface area contributed by atoms with Crippen molar-refractivity contribution in [3.63, 3.8) is 0 Å². The molecule has 2 aromatic heterocycles. The molecule has 3 rings (SSSR count). The highest BCUT2D eigenvalue weighted by Crippen LogP contribution is 2.32. The molecule has 0 radical (unpaired) electrons. The summed E-state index contributed by atoms with van der Waals surface area (Å²) in [6, 6.07) is 5.72. The first-order valence-electron chi connectivity index (χ1n) is 9.49. The molecule has 0 saturated carbocycles. The lowest BCUT2D eigenvalue weighted by molar-refractivity contribution is 0.100. The van der Waals surface area contributed by atoms with Crippen LogP contribution >= 0.6 is 0 Å². The Bertz CT molecular complexity index is 1250. The number of furan rings is 1. The van der Waals surface area contributed by atoms with E-state index >= 15 is 0 Å². The van der Waals surface area contributed by atoms with Crippen LogP contribution in [0.3, 0.4) is 0 Å². The van der Waals surface area contributed by atoms with Crippen molar-refractivity contribution >= 4 is 16.8 Å². The van der Waals surface area contributed by atoms with Crippen LogP contribution in [0.5, 0.6) is 5.88 Å². The summed E-state index contributed by atoms with van der Waals surface area (Å²) in [6.45, 7) is 11.2. The SMILES string of the molecule is Cc1cc2oc(C(=O)c3c(C)c(C#N)c(=O)n(CC(C)C)c3O)c(C)c2cc1C. The largest absolute Gasteiger partial charge is 0.494 e. The normalized spacial score (nSPS) is 11.2. The van der Waals surface area contributed by atoms with Gasteiger partial charge in [-0.05, 0) is 62.4 Å². The standard InChI is InChI=1S/C23H24N2O4/c1-11(2)10-25-22(27)17(9-24)14(5)19(23(25)28)20(26)21-15(6)16-7-12(3)13(4)8-18(16)29-21/h7-8,11,28H,10H2,1-6H3. The Hall–Kier alpha value is -3.33. The molecule has 2 heterocycles. The van der Waals surface area contributed by atoms with E-state index in [9.17, 15) is 20.0 Å². The molecule has 29 heavy (non-hydrogen) atoms. The van der Waals surface area contributed by atoms with Crippen LogP contribution in [0.4, 0.5) is 0 Å². The Kier molecular flexibility index (Phi) is 5.10. The number of nitrogens with zero attached hydrogens (tertiary/aromatic N) is 2. The molecule has 0 fully saturated rings. The number of rotatable bonds is 4. The van der Waals surface area contributed by atoms with Crippen LogP contribution in [0, 0.1) is 44.9 Å². The van der Waals surface area contributed by atoms with Crippen LogP contribution < -0.4 is 5.56 Å². The van der Waals surface area contributed by atoms with E-state index in [4.69, 9.17) is 4.42 Å². The van der Waals surface area contributed by atoms with Crippen molar-refractivity contribution in [1.29, 1.82) is 5.26 Å². The molecule has 1 N–H and O–H groups in total. The van der Waals surface area contributed by atoms with Gasteiger partial charge in [-0.1, -0.05) is 13.8 Å². The minimum atomic E-state index is -0.597. The third-order valence-electron chi connectivity index (χ3n) is 5.33. The van der Waals surface area contributed by atoms with Gasteiger partial charge in [-0.3, -0.25) is 14.2 Å². The van der Waals surface area contributed by atoms with Gasteiger partial charge in [-0.25, -0.2) is 0 Å². The van der Waals surface area contributed by atoms with Crippen LogP contribution in [-0.4, -0.2) is 15.5 Å². The predicted octanol–water partition coefficient (Wildman–Crippen LogP) is 4.29. The molecular weight excluding hydrogens is 368 g/mol. The van der Waals surface area contributed by atoms with Gasteiger partial charge >= 0.3 is 0 Å². The molecule has 6 nitrogen and oxygen atoms in total. The maximum Gasteiger partial charge on any atom is 0.271 e. The van der Waals surface area contributed by atoms with Crippen molar-refractivity contribution in [3.8, 4) is 11.9 Å². The molecule has 0 amide bonds. The number of aryl methyl sites for hydroxylation is 3. The zero-order valence-corrected chi connectivity index (χ0v) is 17.5. The Morgan fingerprint density at radius 3 is 2.38 bits per heavy atom. The molecule has 3 aromatic rings. The summed E-state index contributed by atoms with van der Waals surface area (Å²) in [5, 5.41) is 21.1. The number of ketones is 1. The Labute approximate surface area is 169 Å². The highest BCUT2D eigenvalue weighted by Gasteiger charge is 2.28. The van der Waals surface area contributed by atoms with Crippen molar-refractivity contribution < 1.29 is 14.3 Å². The van der Waals surface area contributed by atoms with Crippen molar-refractivity contribution in [2.24, 2.45) is 5.92 Å². The van der Waals surface area contributed by atoms with E-state index in [0.29, 0.717) is 11.1 Å². The summed E-state index contributed by atoms with van der Waals surface area (Å²) in [6.07, 6.45) is 0. The fourth-order valence-electron chi connectivity index (χ4n) is 3.56. The summed E-state index contributed by atoms with van der Waals surface area (Å²) >= 11 is 0. The van der Waals surface area contributed by atoms with Crippen molar-refractivity contribution in [2.45, 2.75) is 48.1 Å². The highest BCUT2D eigenvalue weighted by atomic mass is 16.3. The average molecular weight is 392 g/mol. The Morgan fingerprint density at radius 1 is 1.17 bits per heavy atom. The lowest BCUT2D eigenvalue weighted by atomic mass is 9.97. The van der Waals surface area contributed by atoms with Gasteiger partial charge in [-0.2, -0.15) is 5.26 Å². The van der Waals surface area contributed by atoms with Gasteiger partial charge in [0.25, 0.3) is 5.56 Å². The van der Waals surface area contributed by atoms with Crippen molar-refractivity contribution in [1.82, 2.24) is 4.57 Å². The number of aromatic nitrogens is 1. The summed E-state index contributed by atoms with van der Waals surface area (Å²) in [5.41, 5.74) is 2.71. The van der Waals surface area contributed by atoms with Crippen LogP contribution in [-0.2, 0) is 6.54 Å². The van der Waals surface area contributed by atoms with E-state index < -0.39 is 17.2 Å². The average Bonchev–Trinajstić information content (AvgIpc) is 2.95. The summed E-state index contributed by atoms with van der Waals surface area (Å²) in [4.78, 5) is 26.0. The maximum absolute atomic E-state index is 13.4. The molecule has 0 unspecified atom stereocenters. The molecule has 0 saturated heterocycles. The minimum absolute atomic E-state index is 0.0367. The third kappa shape index (κ3) is 3.23. The van der Waals surface area contributed by atoms with E-state index in [2.05, 4.69) is 0 Å². The van der Waals surface area contributed by atoms with Gasteiger partial charge < -0.3 is 9.52 Å². The zero-order valence-electron chi connectivity index (χ0n) is 17.5. The maximum atomic E-state index is 13.4. The van der Waals surface area contributed by atoms with E-state index in [1.807, 2.05) is 45.9 Å². The first kappa shape index (κ1) is 20.4. The van der Waals surface area contributed by atoms with E-state index in [0.717, 1.165) is 21.1 Å². The summed E-state index contributed by atoms with van der Waals surface area (Å²) in [5.74, 6) is -0.841. The molecule has 0 atom stereocenters. The Morgan fingerprint density at radius 2 is 1.79 bits per heavy atom. The number of fused-ring (bicyclic) bond motifs is 1. The van der Waals surface area contributed by atoms with Gasteiger partial charge in [0, 0.05) is 17.5 Å². The van der Waals surface area contributed by atoms with Gasteiger partial charge in [0.15, 0.2) is 5.76 Å². The second-order valence-corrected chi connectivity index (χ2v) is 7.94. The lowest BCUT2D eigenvalue weighted by Crippen LogP contribution is -2.28. The Balaban J connectivity index is 2.30.